The quantitative estimate of drug-likeness (QED) is 0.612. The summed E-state index contributed by atoms with van der Waals surface area (Å²) in [5, 5.41) is -1.32. The molecule has 0 aliphatic heterocycles. The molecule has 18 heavy (non-hydrogen) atoms. The highest BCUT2D eigenvalue weighted by Gasteiger charge is 2.41. The molecular weight excluding hydrogens is 282 g/mol. The average molecular weight is 290 g/mol. The number of hydrogen-bond donors (Lipinski definition) is 0. The summed E-state index contributed by atoms with van der Waals surface area (Å²) in [7, 11) is 0. The van der Waals surface area contributed by atoms with Crippen molar-refractivity contribution >= 4 is 11.6 Å². The van der Waals surface area contributed by atoms with E-state index in [0.29, 0.717) is 18.1 Å². The monoisotopic (exact) mass is 289 g/mol. The molecule has 0 saturated heterocycles. The van der Waals surface area contributed by atoms with Crippen LogP contribution in [0.2, 0.25) is 5.02 Å². The Labute approximate surface area is 105 Å². The Bertz CT molecular complexity index is 409. The lowest BCUT2D eigenvalue weighted by atomic mass is 9.97. The molecule has 0 N–H and O–H groups in total. The van der Waals surface area contributed by atoms with E-state index in [9.17, 15) is 26.3 Å². The predicted molar refractivity (Wildman–Crippen MR) is 55.1 cm³/mol. The van der Waals surface area contributed by atoms with Crippen LogP contribution in [0.1, 0.15) is 30.5 Å². The third-order valence-corrected chi connectivity index (χ3v) is 2.67. The van der Waals surface area contributed by atoms with Crippen molar-refractivity contribution in [1.82, 2.24) is 0 Å². The van der Waals surface area contributed by atoms with Gasteiger partial charge in [-0.05, 0) is 23.6 Å². The van der Waals surface area contributed by atoms with Crippen molar-refractivity contribution in [2.24, 2.45) is 0 Å². The van der Waals surface area contributed by atoms with E-state index in [1.807, 2.05) is 0 Å². The van der Waals surface area contributed by atoms with Gasteiger partial charge >= 0.3 is 12.4 Å². The molecule has 1 rings (SSSR count). The van der Waals surface area contributed by atoms with Crippen molar-refractivity contribution in [3.8, 4) is 0 Å². The van der Waals surface area contributed by atoms with E-state index in [-0.39, 0.29) is 5.56 Å². The molecule has 0 heterocycles. The maximum Gasteiger partial charge on any atom is 0.417 e. The molecule has 0 aliphatic rings. The first kappa shape index (κ1) is 15.1. The van der Waals surface area contributed by atoms with Crippen molar-refractivity contribution in [3.05, 3.63) is 39.8 Å². The lowest BCUT2D eigenvalue weighted by molar-refractivity contribution is -0.142. The summed E-state index contributed by atoms with van der Waals surface area (Å²) < 4.78 is 75.6. The van der Waals surface area contributed by atoms with Crippen molar-refractivity contribution in [2.75, 3.05) is 0 Å². The van der Waals surface area contributed by atoms with Gasteiger partial charge in [0.1, 0.15) is 0 Å². The van der Waals surface area contributed by atoms with Gasteiger partial charge in [-0.2, -0.15) is 26.3 Å². The summed E-state index contributed by atoms with van der Waals surface area (Å²) in [6, 6.07) is 1.24. The lowest BCUT2D eigenvalue weighted by Crippen LogP contribution is -2.14. The maximum atomic E-state index is 12.6. The molecule has 0 amide bonds. The second-order valence-corrected chi connectivity index (χ2v) is 4.26. The molecular formula is C11H8ClF6. The molecule has 7 heteroatoms. The third kappa shape index (κ3) is 3.10. The SMILES string of the molecule is C[C](C)c1cc(C(F)(F)F)c(Cl)c(C(F)(F)F)c1. The summed E-state index contributed by atoms with van der Waals surface area (Å²) in [5.41, 5.74) is -3.09. The highest BCUT2D eigenvalue weighted by Crippen LogP contribution is 2.43. The smallest absolute Gasteiger partial charge is 0.166 e. The zero-order chi connectivity index (χ0) is 14.3. The Kier molecular flexibility index (Phi) is 3.91. The summed E-state index contributed by atoms with van der Waals surface area (Å²) in [4.78, 5) is 0. The van der Waals surface area contributed by atoms with Gasteiger partial charge in [0, 0.05) is 0 Å². The fourth-order valence-corrected chi connectivity index (χ4v) is 1.65. The summed E-state index contributed by atoms with van der Waals surface area (Å²) in [6.07, 6.45) is -9.86. The summed E-state index contributed by atoms with van der Waals surface area (Å²) >= 11 is 5.21. The molecule has 0 fully saturated rings. The van der Waals surface area contributed by atoms with Crippen LogP contribution in [-0.4, -0.2) is 0 Å². The molecule has 1 aromatic carbocycles. The van der Waals surface area contributed by atoms with E-state index in [1.165, 1.54) is 13.8 Å². The van der Waals surface area contributed by atoms with E-state index in [4.69, 9.17) is 11.6 Å². The van der Waals surface area contributed by atoms with Crippen LogP contribution in [0.25, 0.3) is 0 Å². The van der Waals surface area contributed by atoms with E-state index >= 15 is 0 Å². The normalized spacial score (nSPS) is 13.2. The van der Waals surface area contributed by atoms with Crippen LogP contribution >= 0.6 is 11.6 Å². The standard InChI is InChI=1S/C11H8ClF6/c1-5(2)6-3-7(10(13,14)15)9(12)8(4-6)11(16,17)18/h3-4H,1-2H3. The third-order valence-electron chi connectivity index (χ3n) is 2.26. The second-order valence-electron chi connectivity index (χ2n) is 3.88. The van der Waals surface area contributed by atoms with E-state index in [2.05, 4.69) is 0 Å². The molecule has 0 aliphatic carbocycles. The van der Waals surface area contributed by atoms with Crippen LogP contribution in [0, 0.1) is 5.92 Å². The molecule has 0 bridgehead atoms. The average Bonchev–Trinajstić information content (AvgIpc) is 2.13. The zero-order valence-electron chi connectivity index (χ0n) is 9.30. The largest absolute Gasteiger partial charge is 0.417 e. The highest BCUT2D eigenvalue weighted by atomic mass is 35.5. The highest BCUT2D eigenvalue weighted by molar-refractivity contribution is 6.32. The number of halogens is 7. The van der Waals surface area contributed by atoms with Crippen molar-refractivity contribution < 1.29 is 26.3 Å². The molecule has 0 aromatic heterocycles. The Morgan fingerprint density at radius 2 is 1.22 bits per heavy atom. The van der Waals surface area contributed by atoms with Gasteiger partial charge in [0.15, 0.2) is 0 Å². The number of alkyl halides is 6. The molecule has 101 valence electrons. The first-order valence-corrected chi connectivity index (χ1v) is 5.11. The van der Waals surface area contributed by atoms with Crippen LogP contribution in [0.3, 0.4) is 0 Å². The van der Waals surface area contributed by atoms with Crippen molar-refractivity contribution in [1.29, 1.82) is 0 Å². The lowest BCUT2D eigenvalue weighted by Gasteiger charge is -2.18. The molecule has 0 unspecified atom stereocenters. The molecule has 0 saturated carbocycles. The Morgan fingerprint density at radius 3 is 1.44 bits per heavy atom. The minimum absolute atomic E-state index is 0.140. The topological polar surface area (TPSA) is 0 Å². The van der Waals surface area contributed by atoms with Crippen LogP contribution in [-0.2, 0) is 12.4 Å². The van der Waals surface area contributed by atoms with Gasteiger partial charge in [-0.25, -0.2) is 0 Å². The van der Waals surface area contributed by atoms with Gasteiger partial charge in [0.25, 0.3) is 0 Å². The van der Waals surface area contributed by atoms with Gasteiger partial charge in [0.05, 0.1) is 16.1 Å². The molecule has 1 radical (unpaired) electrons. The first-order chi connectivity index (χ1) is 7.94. The van der Waals surface area contributed by atoms with Gasteiger partial charge in [-0.1, -0.05) is 25.4 Å². The molecule has 0 atom stereocenters. The molecule has 0 nitrogen and oxygen atoms in total. The fraction of sp³-hybridized carbons (Fsp3) is 0.364. The second kappa shape index (κ2) is 4.64. The maximum absolute atomic E-state index is 12.6. The van der Waals surface area contributed by atoms with Crippen LogP contribution in [0.15, 0.2) is 12.1 Å². The predicted octanol–water partition coefficient (Wildman–Crippen LogP) is 5.34. The van der Waals surface area contributed by atoms with Gasteiger partial charge in [-0.15, -0.1) is 0 Å². The van der Waals surface area contributed by atoms with E-state index in [1.54, 1.807) is 0 Å². The Morgan fingerprint density at radius 1 is 0.889 bits per heavy atom. The van der Waals surface area contributed by atoms with Gasteiger partial charge in [0.2, 0.25) is 0 Å². The van der Waals surface area contributed by atoms with Crippen molar-refractivity contribution in [2.45, 2.75) is 26.2 Å². The van der Waals surface area contributed by atoms with Crippen LogP contribution in [0.5, 0.6) is 0 Å². The van der Waals surface area contributed by atoms with Gasteiger partial charge < -0.3 is 0 Å². The minimum Gasteiger partial charge on any atom is -0.166 e. The number of rotatable bonds is 1. The Hall–Kier alpha value is -0.910. The van der Waals surface area contributed by atoms with E-state index in [0.717, 1.165) is 0 Å². The van der Waals surface area contributed by atoms with Crippen molar-refractivity contribution in [3.63, 3.8) is 0 Å². The van der Waals surface area contributed by atoms with Crippen LogP contribution < -0.4 is 0 Å². The molecule has 1 aromatic rings. The van der Waals surface area contributed by atoms with Gasteiger partial charge in [-0.3, -0.25) is 0 Å². The summed E-state index contributed by atoms with van der Waals surface area (Å²) in [5.74, 6) is 0.336. The Balaban J connectivity index is 3.59. The minimum atomic E-state index is -4.93. The zero-order valence-corrected chi connectivity index (χ0v) is 10.1. The van der Waals surface area contributed by atoms with Crippen LogP contribution in [0.4, 0.5) is 26.3 Å². The number of benzene rings is 1. The molecule has 0 spiro atoms. The fourth-order valence-electron chi connectivity index (χ4n) is 1.33. The van der Waals surface area contributed by atoms with E-state index < -0.39 is 28.5 Å². The first-order valence-electron chi connectivity index (χ1n) is 4.73. The summed E-state index contributed by atoms with van der Waals surface area (Å²) in [6.45, 7) is 2.84. The number of hydrogen-bond acceptors (Lipinski definition) is 0.